The Hall–Kier alpha value is -2.34. The molecule has 0 saturated carbocycles. The Morgan fingerprint density at radius 1 is 1.43 bits per heavy atom. The van der Waals surface area contributed by atoms with E-state index in [0.717, 1.165) is 17.6 Å². The van der Waals surface area contributed by atoms with Crippen LogP contribution in [-0.2, 0) is 4.74 Å². The van der Waals surface area contributed by atoms with Crippen molar-refractivity contribution in [3.05, 3.63) is 32.0 Å². The second-order valence-electron chi connectivity index (χ2n) is 6.60. The number of carboxylic acids is 1. The number of nitrogens with zero attached hydrogens (tertiary/aromatic N) is 3. The molecule has 1 aliphatic heterocycles. The van der Waals surface area contributed by atoms with Crippen LogP contribution < -0.4 is 10.2 Å². The first kappa shape index (κ1) is 22.3. The number of carboxylic acid groups (broad SMARTS) is 1. The molecule has 0 aromatic carbocycles. The topological polar surface area (TPSA) is 140 Å². The molecule has 3 heterocycles. The van der Waals surface area contributed by atoms with Crippen LogP contribution in [0.1, 0.15) is 38.0 Å². The predicted molar refractivity (Wildman–Crippen MR) is 113 cm³/mol. The number of aromatic amines is 1. The van der Waals surface area contributed by atoms with Gasteiger partial charge in [-0.2, -0.15) is 0 Å². The van der Waals surface area contributed by atoms with Crippen molar-refractivity contribution in [1.29, 1.82) is 0 Å². The molecule has 0 radical (unpaired) electrons. The van der Waals surface area contributed by atoms with Crippen LogP contribution in [0.5, 0.6) is 0 Å². The quantitative estimate of drug-likeness (QED) is 0.285. The molecule has 1 saturated heterocycles. The number of amides is 1. The molecular weight excluding hydrogens is 457 g/mol. The van der Waals surface area contributed by atoms with Gasteiger partial charge in [0.2, 0.25) is 0 Å². The number of ether oxygens (including phenoxy) is 1. The van der Waals surface area contributed by atoms with Crippen molar-refractivity contribution < 1.29 is 24.6 Å². The number of carbonyl (C=O) groups excluding carboxylic acids is 1. The van der Waals surface area contributed by atoms with Gasteiger partial charge in [0.15, 0.2) is 5.13 Å². The molecule has 0 aliphatic carbocycles. The van der Waals surface area contributed by atoms with Gasteiger partial charge in [0.05, 0.1) is 28.4 Å². The zero-order valence-corrected chi connectivity index (χ0v) is 18.3. The van der Waals surface area contributed by atoms with Crippen LogP contribution in [0.3, 0.4) is 0 Å². The average molecular weight is 476 g/mol. The number of aromatic nitrogens is 2. The van der Waals surface area contributed by atoms with E-state index in [0.29, 0.717) is 35.4 Å². The number of halogens is 2. The molecular formula is C17H19Cl2N5O5S. The second kappa shape index (κ2) is 9.21. The van der Waals surface area contributed by atoms with Crippen LogP contribution in [0, 0.1) is 6.92 Å². The highest BCUT2D eigenvalue weighted by Crippen LogP contribution is 2.31. The molecule has 2 atom stereocenters. The highest BCUT2D eigenvalue weighted by Gasteiger charge is 2.33. The van der Waals surface area contributed by atoms with Crippen LogP contribution >= 0.6 is 34.5 Å². The number of anilines is 1. The molecule has 0 spiro atoms. The summed E-state index contributed by atoms with van der Waals surface area (Å²) in [5.74, 6) is -1.55. The Balaban J connectivity index is 1.73. The number of aromatic carboxylic acids is 1. The van der Waals surface area contributed by atoms with E-state index >= 15 is 0 Å². The maximum atomic E-state index is 12.6. The standard InChI is InChI=1S/C17H19Cl2N5O5S/c1-7-11(18)12(19)13(21-7)15(25)22-8-3-4-24(6-10(8)29-2)17-23-9(5-20-28)14(30-17)16(26)27/h5,8,10,21,28H,3-4,6H2,1-2H3,(H,22,25)(H,26,27)/t8-,10+/m1/s1. The summed E-state index contributed by atoms with van der Waals surface area (Å²) in [7, 11) is 1.53. The van der Waals surface area contributed by atoms with Gasteiger partial charge in [-0.05, 0) is 13.3 Å². The lowest BCUT2D eigenvalue weighted by Crippen LogP contribution is -2.55. The van der Waals surface area contributed by atoms with E-state index in [9.17, 15) is 14.7 Å². The van der Waals surface area contributed by atoms with Crippen molar-refractivity contribution >= 4 is 57.8 Å². The molecule has 0 bridgehead atoms. The van der Waals surface area contributed by atoms with Gasteiger partial charge in [0.25, 0.3) is 5.91 Å². The second-order valence-corrected chi connectivity index (χ2v) is 8.34. The van der Waals surface area contributed by atoms with Gasteiger partial charge in [-0.15, -0.1) is 0 Å². The fourth-order valence-corrected chi connectivity index (χ4v) is 4.54. The SMILES string of the molecule is CO[C@H]1CN(c2nc(C=NO)c(C(=O)O)s2)CC[C@H]1NC(=O)c1[nH]c(C)c(Cl)c1Cl. The monoisotopic (exact) mass is 475 g/mol. The third-order valence-corrected chi connectivity index (χ3v) is 6.81. The van der Waals surface area contributed by atoms with Gasteiger partial charge in [-0.1, -0.05) is 39.7 Å². The summed E-state index contributed by atoms with van der Waals surface area (Å²) in [6, 6.07) is -0.297. The molecule has 1 amide bonds. The molecule has 2 aromatic heterocycles. The number of rotatable bonds is 6. The van der Waals surface area contributed by atoms with Crippen molar-refractivity contribution in [1.82, 2.24) is 15.3 Å². The van der Waals surface area contributed by atoms with Gasteiger partial charge in [0, 0.05) is 25.9 Å². The Labute approximate surface area is 185 Å². The lowest BCUT2D eigenvalue weighted by atomic mass is 10.0. The minimum atomic E-state index is -1.16. The van der Waals surface area contributed by atoms with Crippen LogP contribution in [0.15, 0.2) is 5.16 Å². The van der Waals surface area contributed by atoms with Gasteiger partial charge < -0.3 is 30.3 Å². The van der Waals surface area contributed by atoms with Gasteiger partial charge in [0.1, 0.15) is 16.3 Å². The fraction of sp³-hybridized carbons (Fsp3) is 0.412. The first-order valence-electron chi connectivity index (χ1n) is 8.80. The van der Waals surface area contributed by atoms with Crippen LogP contribution in [0.2, 0.25) is 10.0 Å². The number of carbonyl (C=O) groups is 2. The number of oxime groups is 1. The number of aryl methyl sites for hydroxylation is 1. The minimum absolute atomic E-state index is 0.0270. The number of nitrogens with one attached hydrogen (secondary N) is 2. The summed E-state index contributed by atoms with van der Waals surface area (Å²) in [5.41, 5.74) is 0.864. The van der Waals surface area contributed by atoms with E-state index < -0.39 is 5.97 Å². The van der Waals surface area contributed by atoms with Crippen molar-refractivity contribution in [2.75, 3.05) is 25.1 Å². The summed E-state index contributed by atoms with van der Waals surface area (Å²) >= 11 is 13.1. The third kappa shape index (κ3) is 4.38. The zero-order valence-electron chi connectivity index (χ0n) is 16.0. The molecule has 4 N–H and O–H groups in total. The highest BCUT2D eigenvalue weighted by atomic mass is 35.5. The molecule has 2 aromatic rings. The molecule has 1 aliphatic rings. The average Bonchev–Trinajstić information content (AvgIpc) is 3.25. The van der Waals surface area contributed by atoms with E-state index in [1.54, 1.807) is 6.92 Å². The normalized spacial score (nSPS) is 19.4. The number of H-pyrrole nitrogens is 1. The summed E-state index contributed by atoms with van der Waals surface area (Å²) in [6.07, 6.45) is 1.14. The molecule has 3 rings (SSSR count). The number of piperidine rings is 1. The minimum Gasteiger partial charge on any atom is -0.477 e. The smallest absolute Gasteiger partial charge is 0.348 e. The van der Waals surface area contributed by atoms with Crippen LogP contribution in [0.4, 0.5) is 5.13 Å². The third-order valence-electron chi connectivity index (χ3n) is 4.75. The lowest BCUT2D eigenvalue weighted by Gasteiger charge is -2.37. The number of methoxy groups -OCH3 is 1. The summed E-state index contributed by atoms with van der Waals surface area (Å²) in [4.78, 5) is 33.0. The van der Waals surface area contributed by atoms with E-state index in [-0.39, 0.29) is 39.3 Å². The molecule has 1 fully saturated rings. The highest BCUT2D eigenvalue weighted by molar-refractivity contribution is 7.17. The lowest BCUT2D eigenvalue weighted by molar-refractivity contribution is 0.0540. The Morgan fingerprint density at radius 3 is 2.73 bits per heavy atom. The summed E-state index contributed by atoms with van der Waals surface area (Å²) in [6.45, 7) is 2.60. The number of hydrogen-bond acceptors (Lipinski definition) is 8. The van der Waals surface area contributed by atoms with Crippen molar-refractivity contribution in [2.45, 2.75) is 25.5 Å². The first-order chi connectivity index (χ1) is 14.3. The van der Waals surface area contributed by atoms with Crippen molar-refractivity contribution in [3.8, 4) is 0 Å². The Morgan fingerprint density at radius 2 is 2.17 bits per heavy atom. The number of thiazole rings is 1. The fourth-order valence-electron chi connectivity index (χ4n) is 3.21. The van der Waals surface area contributed by atoms with E-state index in [4.69, 9.17) is 33.1 Å². The predicted octanol–water partition coefficient (Wildman–Crippen LogP) is 2.62. The Kier molecular flexibility index (Phi) is 6.86. The van der Waals surface area contributed by atoms with Gasteiger partial charge >= 0.3 is 5.97 Å². The zero-order chi connectivity index (χ0) is 22.0. The van der Waals surface area contributed by atoms with Crippen molar-refractivity contribution in [3.63, 3.8) is 0 Å². The molecule has 13 heteroatoms. The van der Waals surface area contributed by atoms with E-state index in [2.05, 4.69) is 20.4 Å². The maximum absolute atomic E-state index is 12.6. The van der Waals surface area contributed by atoms with Crippen LogP contribution in [0.25, 0.3) is 0 Å². The maximum Gasteiger partial charge on any atom is 0.348 e. The summed E-state index contributed by atoms with van der Waals surface area (Å²) < 4.78 is 5.55. The molecule has 30 heavy (non-hydrogen) atoms. The van der Waals surface area contributed by atoms with Crippen LogP contribution in [-0.4, -0.2) is 70.7 Å². The molecule has 0 unspecified atom stereocenters. The molecule has 162 valence electrons. The van der Waals surface area contributed by atoms with E-state index in [1.165, 1.54) is 7.11 Å². The molecule has 10 nitrogen and oxygen atoms in total. The van der Waals surface area contributed by atoms with E-state index in [1.807, 2.05) is 4.90 Å². The van der Waals surface area contributed by atoms with Crippen molar-refractivity contribution in [2.24, 2.45) is 5.16 Å². The number of hydrogen-bond donors (Lipinski definition) is 4. The largest absolute Gasteiger partial charge is 0.477 e. The first-order valence-corrected chi connectivity index (χ1v) is 10.4. The summed E-state index contributed by atoms with van der Waals surface area (Å²) in [5, 5.41) is 24.7. The Bertz CT molecular complexity index is 992. The van der Waals surface area contributed by atoms with Gasteiger partial charge in [-0.25, -0.2) is 9.78 Å². The van der Waals surface area contributed by atoms with Gasteiger partial charge in [-0.3, -0.25) is 4.79 Å².